The van der Waals surface area contributed by atoms with E-state index < -0.39 is 11.4 Å². The lowest BCUT2D eigenvalue weighted by atomic mass is 9.92. The second-order valence-electron chi connectivity index (χ2n) is 8.92. The number of anilines is 1. The van der Waals surface area contributed by atoms with Crippen molar-refractivity contribution in [1.29, 1.82) is 0 Å². The highest BCUT2D eigenvalue weighted by Gasteiger charge is 2.29. The topological polar surface area (TPSA) is 101 Å². The molecule has 0 atom stereocenters. The summed E-state index contributed by atoms with van der Waals surface area (Å²) < 4.78 is 6.55. The number of amides is 1. The maximum absolute atomic E-state index is 12.6. The van der Waals surface area contributed by atoms with Gasteiger partial charge in [0, 0.05) is 23.6 Å². The number of rotatable bonds is 5. The molecule has 1 amide bonds. The minimum Gasteiger partial charge on any atom is -0.465 e. The molecule has 0 fully saturated rings. The van der Waals surface area contributed by atoms with Crippen molar-refractivity contribution in [2.75, 3.05) is 11.9 Å². The fourth-order valence-corrected chi connectivity index (χ4v) is 3.25. The second-order valence-corrected chi connectivity index (χ2v) is 9.30. The molecule has 0 bridgehead atoms. The monoisotopic (exact) mass is 431 g/mol. The molecule has 3 rings (SSSR count). The van der Waals surface area contributed by atoms with Gasteiger partial charge in [0.2, 0.25) is 5.91 Å². The molecule has 8 nitrogen and oxygen atoms in total. The predicted molar refractivity (Wildman–Crippen MR) is 116 cm³/mol. The highest BCUT2D eigenvalue weighted by atomic mass is 35.5. The van der Waals surface area contributed by atoms with Crippen LogP contribution < -0.4 is 5.32 Å². The Morgan fingerprint density at radius 2 is 1.93 bits per heavy atom. The fourth-order valence-electron chi connectivity index (χ4n) is 2.80. The Morgan fingerprint density at radius 1 is 1.23 bits per heavy atom. The summed E-state index contributed by atoms with van der Waals surface area (Å²) in [4.78, 5) is 28.2. The van der Waals surface area contributed by atoms with E-state index in [4.69, 9.17) is 16.3 Å². The normalized spacial score (nSPS) is 12.2. The van der Waals surface area contributed by atoms with Gasteiger partial charge in [-0.25, -0.2) is 4.98 Å². The number of aromatic amines is 1. The maximum Gasteiger partial charge on any atom is 0.302 e. The Labute approximate surface area is 179 Å². The Morgan fingerprint density at radius 3 is 2.53 bits per heavy atom. The number of fused-ring (bicyclic) bond motifs is 1. The molecule has 0 radical (unpaired) electrons. The predicted octanol–water partition coefficient (Wildman–Crippen LogP) is 4.20. The highest BCUT2D eigenvalue weighted by Crippen LogP contribution is 2.32. The number of halogens is 1. The van der Waals surface area contributed by atoms with Crippen LogP contribution in [0.15, 0.2) is 24.3 Å². The van der Waals surface area contributed by atoms with Crippen LogP contribution in [0.25, 0.3) is 17.0 Å². The van der Waals surface area contributed by atoms with Crippen LogP contribution in [0.1, 0.15) is 47.2 Å². The minimum absolute atomic E-state index is 0.00417. The summed E-state index contributed by atoms with van der Waals surface area (Å²) in [6, 6.07) is 7.22. The second kappa shape index (κ2) is 7.75. The van der Waals surface area contributed by atoms with Gasteiger partial charge in [-0.3, -0.25) is 14.7 Å². The van der Waals surface area contributed by atoms with Crippen molar-refractivity contribution in [2.24, 2.45) is 5.41 Å². The number of carbonyl (C=O) groups excluding carboxylic acids is 2. The van der Waals surface area contributed by atoms with E-state index in [1.807, 2.05) is 12.1 Å². The SMILES string of the molecule is CC(=O)OCC(C)(C)C(=O)Nc1cccc(-c2nc3c(Cl)c(C(C)(C)C)[nH]n3n2)c1. The van der Waals surface area contributed by atoms with Gasteiger partial charge in [0.25, 0.3) is 0 Å². The average Bonchev–Trinajstić information content (AvgIpc) is 3.20. The molecule has 0 aliphatic heterocycles. The summed E-state index contributed by atoms with van der Waals surface area (Å²) in [5.41, 5.74) is 1.70. The van der Waals surface area contributed by atoms with Crippen molar-refractivity contribution in [3.8, 4) is 11.4 Å². The zero-order valence-electron chi connectivity index (χ0n) is 18.0. The number of nitrogens with one attached hydrogen (secondary N) is 2. The van der Waals surface area contributed by atoms with E-state index in [2.05, 4.69) is 41.3 Å². The van der Waals surface area contributed by atoms with E-state index in [9.17, 15) is 9.59 Å². The number of carbonyl (C=O) groups is 2. The lowest BCUT2D eigenvalue weighted by Gasteiger charge is -2.23. The van der Waals surface area contributed by atoms with Crippen LogP contribution in [0, 0.1) is 5.41 Å². The number of esters is 1. The first-order valence-electron chi connectivity index (χ1n) is 9.58. The van der Waals surface area contributed by atoms with Gasteiger partial charge >= 0.3 is 5.97 Å². The van der Waals surface area contributed by atoms with Crippen LogP contribution in [0.4, 0.5) is 5.69 Å². The Bertz CT molecular complexity index is 1110. The van der Waals surface area contributed by atoms with Gasteiger partial charge in [0.1, 0.15) is 11.6 Å². The molecule has 3 aromatic rings. The first-order valence-corrected chi connectivity index (χ1v) is 9.96. The molecule has 0 unspecified atom stereocenters. The van der Waals surface area contributed by atoms with E-state index >= 15 is 0 Å². The van der Waals surface area contributed by atoms with Gasteiger partial charge in [0.05, 0.1) is 11.1 Å². The van der Waals surface area contributed by atoms with E-state index in [1.54, 1.807) is 30.6 Å². The standard InChI is InChI=1S/C21H26ClN5O3/c1-12(28)30-11-21(5,6)19(29)23-14-9-7-8-13(10-14)17-24-18-15(22)16(20(2,3)4)25-27(18)26-17/h7-10,25H,11H2,1-6H3,(H,23,29). The fraction of sp³-hybridized carbons (Fsp3) is 0.429. The molecule has 30 heavy (non-hydrogen) atoms. The quantitative estimate of drug-likeness (QED) is 0.589. The average molecular weight is 432 g/mol. The third-order valence-electron chi connectivity index (χ3n) is 4.62. The highest BCUT2D eigenvalue weighted by molar-refractivity contribution is 6.34. The van der Waals surface area contributed by atoms with Crippen LogP contribution in [-0.4, -0.2) is 38.3 Å². The number of nitrogens with zero attached hydrogens (tertiary/aromatic N) is 3. The van der Waals surface area contributed by atoms with E-state index in [0.717, 1.165) is 11.3 Å². The van der Waals surface area contributed by atoms with Gasteiger partial charge in [0.15, 0.2) is 11.5 Å². The third-order valence-corrected chi connectivity index (χ3v) is 4.98. The molecule has 2 N–H and O–H groups in total. The van der Waals surface area contributed by atoms with Crippen LogP contribution in [0.5, 0.6) is 0 Å². The summed E-state index contributed by atoms with van der Waals surface area (Å²) in [6.45, 7) is 10.9. The zero-order chi connectivity index (χ0) is 22.3. The largest absolute Gasteiger partial charge is 0.465 e. The van der Waals surface area contributed by atoms with Gasteiger partial charge < -0.3 is 10.1 Å². The first-order chi connectivity index (χ1) is 13.9. The van der Waals surface area contributed by atoms with E-state index in [0.29, 0.717) is 22.2 Å². The molecule has 0 aliphatic rings. The van der Waals surface area contributed by atoms with Crippen molar-refractivity contribution in [1.82, 2.24) is 19.8 Å². The summed E-state index contributed by atoms with van der Waals surface area (Å²) in [5.74, 6) is -0.199. The van der Waals surface area contributed by atoms with Crippen LogP contribution >= 0.6 is 11.6 Å². The number of H-pyrrole nitrogens is 1. The number of aromatic nitrogens is 4. The van der Waals surface area contributed by atoms with Crippen molar-refractivity contribution in [2.45, 2.75) is 47.0 Å². The summed E-state index contributed by atoms with van der Waals surface area (Å²) in [5, 5.41) is 11.1. The van der Waals surface area contributed by atoms with Crippen LogP contribution in [0.3, 0.4) is 0 Å². The van der Waals surface area contributed by atoms with Crippen LogP contribution in [-0.2, 0) is 19.7 Å². The molecular weight excluding hydrogens is 406 g/mol. The van der Waals surface area contributed by atoms with Gasteiger partial charge in [-0.15, -0.1) is 5.10 Å². The van der Waals surface area contributed by atoms with Crippen molar-refractivity contribution < 1.29 is 14.3 Å². The molecular formula is C21H26ClN5O3. The lowest BCUT2D eigenvalue weighted by molar-refractivity contribution is -0.146. The van der Waals surface area contributed by atoms with Crippen LogP contribution in [0.2, 0.25) is 5.02 Å². The Kier molecular flexibility index (Phi) is 5.64. The van der Waals surface area contributed by atoms with Crippen molar-refractivity contribution >= 4 is 34.8 Å². The summed E-state index contributed by atoms with van der Waals surface area (Å²) in [7, 11) is 0. The molecule has 9 heteroatoms. The molecule has 1 aromatic carbocycles. The van der Waals surface area contributed by atoms with Gasteiger partial charge in [-0.05, 0) is 26.0 Å². The zero-order valence-corrected chi connectivity index (χ0v) is 18.7. The molecule has 0 aliphatic carbocycles. The first kappa shape index (κ1) is 21.8. The number of hydrogen-bond donors (Lipinski definition) is 2. The molecule has 0 spiro atoms. The maximum atomic E-state index is 12.6. The Balaban J connectivity index is 1.83. The van der Waals surface area contributed by atoms with E-state index in [1.165, 1.54) is 6.92 Å². The number of ether oxygens (including phenoxy) is 1. The number of benzene rings is 1. The summed E-state index contributed by atoms with van der Waals surface area (Å²) in [6.07, 6.45) is 0. The molecule has 2 aromatic heterocycles. The third kappa shape index (κ3) is 4.48. The van der Waals surface area contributed by atoms with Gasteiger partial charge in [-0.1, -0.05) is 44.5 Å². The molecule has 0 saturated carbocycles. The van der Waals surface area contributed by atoms with Crippen molar-refractivity contribution in [3.05, 3.63) is 35.0 Å². The molecule has 160 valence electrons. The minimum atomic E-state index is -0.874. The molecule has 0 saturated heterocycles. The van der Waals surface area contributed by atoms with Gasteiger partial charge in [-0.2, -0.15) is 4.63 Å². The summed E-state index contributed by atoms with van der Waals surface area (Å²) >= 11 is 6.50. The lowest BCUT2D eigenvalue weighted by Crippen LogP contribution is -2.35. The van der Waals surface area contributed by atoms with Crippen molar-refractivity contribution in [3.63, 3.8) is 0 Å². The smallest absolute Gasteiger partial charge is 0.302 e. The van der Waals surface area contributed by atoms with E-state index in [-0.39, 0.29) is 17.9 Å². The Hall–Kier alpha value is -2.87. The molecule has 2 heterocycles. The number of hydrogen-bond acceptors (Lipinski definition) is 5.